The number of ether oxygens (including phenoxy) is 2. The van der Waals surface area contributed by atoms with Gasteiger partial charge in [0.2, 0.25) is 0 Å². The number of rotatable bonds is 5. The van der Waals surface area contributed by atoms with Crippen molar-refractivity contribution in [2.24, 2.45) is 0 Å². The number of methoxy groups -OCH3 is 2. The van der Waals surface area contributed by atoms with Crippen LogP contribution in [0.15, 0.2) is 45.5 Å². The number of aromatic nitrogens is 2. The number of furan rings is 1. The zero-order valence-corrected chi connectivity index (χ0v) is 16.4. The highest BCUT2D eigenvalue weighted by atomic mass is 16.5. The van der Waals surface area contributed by atoms with Gasteiger partial charge >= 0.3 is 0 Å². The number of carbonyl (C=O) groups is 1. The van der Waals surface area contributed by atoms with Crippen LogP contribution in [0.5, 0.6) is 11.5 Å². The molecule has 4 aromatic rings. The smallest absolute Gasteiger partial charge is 0.259 e. The van der Waals surface area contributed by atoms with Crippen LogP contribution in [0.3, 0.4) is 0 Å². The van der Waals surface area contributed by atoms with Gasteiger partial charge in [0.15, 0.2) is 17.3 Å². The number of fused-ring (bicyclic) bond motifs is 1. The topological polar surface area (TPSA) is 99.6 Å². The summed E-state index contributed by atoms with van der Waals surface area (Å²) in [5.74, 6) is 1.30. The molecule has 0 radical (unpaired) electrons. The number of pyridine rings is 1. The van der Waals surface area contributed by atoms with Gasteiger partial charge in [0.25, 0.3) is 11.6 Å². The van der Waals surface area contributed by atoms with Gasteiger partial charge in [-0.1, -0.05) is 5.16 Å². The number of nitrogens with one attached hydrogen (secondary N) is 1. The molecule has 0 unspecified atom stereocenters. The molecule has 0 bridgehead atoms. The predicted molar refractivity (Wildman–Crippen MR) is 106 cm³/mol. The van der Waals surface area contributed by atoms with E-state index in [1.54, 1.807) is 57.7 Å². The summed E-state index contributed by atoms with van der Waals surface area (Å²) in [7, 11) is 3.11. The summed E-state index contributed by atoms with van der Waals surface area (Å²) in [6.45, 7) is 3.64. The molecule has 0 spiro atoms. The zero-order valence-electron chi connectivity index (χ0n) is 16.4. The van der Waals surface area contributed by atoms with Crippen molar-refractivity contribution in [2.45, 2.75) is 13.8 Å². The second kappa shape index (κ2) is 7.31. The van der Waals surface area contributed by atoms with Crippen LogP contribution >= 0.6 is 0 Å². The van der Waals surface area contributed by atoms with Crippen LogP contribution in [-0.2, 0) is 0 Å². The molecule has 0 aliphatic heterocycles. The third-order valence-electron chi connectivity index (χ3n) is 4.61. The highest BCUT2D eigenvalue weighted by Crippen LogP contribution is 2.34. The Morgan fingerprint density at radius 3 is 2.55 bits per heavy atom. The van der Waals surface area contributed by atoms with Crippen LogP contribution in [0.4, 0.5) is 5.69 Å². The predicted octanol–water partition coefficient (Wildman–Crippen LogP) is 4.37. The van der Waals surface area contributed by atoms with E-state index in [1.165, 1.54) is 0 Å². The molecule has 29 heavy (non-hydrogen) atoms. The first-order chi connectivity index (χ1) is 14.0. The molecule has 8 heteroatoms. The molecular weight excluding hydrogens is 374 g/mol. The number of hydrogen-bond acceptors (Lipinski definition) is 7. The SMILES string of the molecule is COc1cc(C)c(NC(=O)c2cc(-c3ccco3)nc3onc(C)c23)cc1OC. The second-order valence-corrected chi connectivity index (χ2v) is 6.46. The Labute approximate surface area is 166 Å². The molecule has 1 amide bonds. The van der Waals surface area contributed by atoms with Crippen LogP contribution in [0, 0.1) is 13.8 Å². The largest absolute Gasteiger partial charge is 0.493 e. The average molecular weight is 393 g/mol. The summed E-state index contributed by atoms with van der Waals surface area (Å²) in [6, 6.07) is 8.70. The highest BCUT2D eigenvalue weighted by molar-refractivity contribution is 6.13. The maximum Gasteiger partial charge on any atom is 0.259 e. The van der Waals surface area contributed by atoms with Gasteiger partial charge < -0.3 is 23.7 Å². The third kappa shape index (κ3) is 3.29. The standard InChI is InChI=1S/C21H19N3O5/c1-11-8-17(26-3)18(27-4)10-14(11)22-20(25)13-9-15(16-6-5-7-28-16)23-21-19(13)12(2)24-29-21/h5-10H,1-4H3,(H,22,25). The molecule has 0 saturated heterocycles. The maximum atomic E-state index is 13.2. The number of aryl methyl sites for hydroxylation is 2. The van der Waals surface area contributed by atoms with Crippen LogP contribution in [-0.4, -0.2) is 30.3 Å². The fourth-order valence-electron chi connectivity index (χ4n) is 3.13. The number of benzene rings is 1. The van der Waals surface area contributed by atoms with Gasteiger partial charge in [0, 0.05) is 11.8 Å². The Hall–Kier alpha value is -3.81. The van der Waals surface area contributed by atoms with Crippen molar-refractivity contribution in [1.82, 2.24) is 10.1 Å². The van der Waals surface area contributed by atoms with Crippen LogP contribution in [0.2, 0.25) is 0 Å². The third-order valence-corrected chi connectivity index (χ3v) is 4.61. The first-order valence-corrected chi connectivity index (χ1v) is 8.86. The maximum absolute atomic E-state index is 13.2. The van der Waals surface area contributed by atoms with Crippen molar-refractivity contribution < 1.29 is 23.2 Å². The van der Waals surface area contributed by atoms with Crippen LogP contribution in [0.1, 0.15) is 21.6 Å². The van der Waals surface area contributed by atoms with Crippen LogP contribution < -0.4 is 14.8 Å². The first kappa shape index (κ1) is 18.5. The number of amides is 1. The number of carbonyl (C=O) groups excluding carboxylic acids is 1. The van der Waals surface area contributed by atoms with Crippen molar-refractivity contribution in [3.63, 3.8) is 0 Å². The lowest BCUT2D eigenvalue weighted by atomic mass is 10.1. The summed E-state index contributed by atoms with van der Waals surface area (Å²) in [4.78, 5) is 17.6. The van der Waals surface area contributed by atoms with Gasteiger partial charge in [-0.05, 0) is 43.7 Å². The molecular formula is C21H19N3O5. The Morgan fingerprint density at radius 1 is 1.10 bits per heavy atom. The van der Waals surface area contributed by atoms with Crippen molar-refractivity contribution in [1.29, 1.82) is 0 Å². The monoisotopic (exact) mass is 393 g/mol. The lowest BCUT2D eigenvalue weighted by Gasteiger charge is -2.14. The Bertz CT molecular complexity index is 1190. The van der Waals surface area contributed by atoms with Crippen molar-refractivity contribution >= 4 is 22.7 Å². The molecule has 0 fully saturated rings. The van der Waals surface area contributed by atoms with Crippen molar-refractivity contribution in [3.8, 4) is 23.0 Å². The van der Waals surface area contributed by atoms with E-state index >= 15 is 0 Å². The normalized spacial score (nSPS) is 10.9. The van der Waals surface area contributed by atoms with Gasteiger partial charge in [0.1, 0.15) is 5.69 Å². The fraction of sp³-hybridized carbons (Fsp3) is 0.190. The van der Waals surface area contributed by atoms with E-state index in [0.717, 1.165) is 5.56 Å². The molecule has 0 atom stereocenters. The lowest BCUT2D eigenvalue weighted by molar-refractivity contribution is 0.102. The van der Waals surface area contributed by atoms with E-state index in [1.807, 2.05) is 6.92 Å². The summed E-state index contributed by atoms with van der Waals surface area (Å²) < 4.78 is 21.4. The van der Waals surface area contributed by atoms with E-state index in [9.17, 15) is 4.79 Å². The van der Waals surface area contributed by atoms with E-state index in [4.69, 9.17) is 18.4 Å². The lowest BCUT2D eigenvalue weighted by Crippen LogP contribution is -2.14. The quantitative estimate of drug-likeness (QED) is 0.537. The van der Waals surface area contributed by atoms with Crippen molar-refractivity contribution in [3.05, 3.63) is 53.4 Å². The number of anilines is 1. The Morgan fingerprint density at radius 2 is 1.86 bits per heavy atom. The van der Waals surface area contributed by atoms with E-state index in [2.05, 4.69) is 15.5 Å². The Balaban J connectivity index is 1.78. The van der Waals surface area contributed by atoms with Crippen LogP contribution in [0.25, 0.3) is 22.6 Å². The molecule has 3 aromatic heterocycles. The summed E-state index contributed by atoms with van der Waals surface area (Å²) in [5.41, 5.74) is 3.14. The van der Waals surface area contributed by atoms with Gasteiger partial charge in [-0.15, -0.1) is 0 Å². The van der Waals surface area contributed by atoms with Gasteiger partial charge in [-0.25, -0.2) is 4.98 Å². The molecule has 1 N–H and O–H groups in total. The number of nitrogens with zero attached hydrogens (tertiary/aromatic N) is 2. The molecule has 3 heterocycles. The minimum atomic E-state index is -0.327. The van der Waals surface area contributed by atoms with Crippen molar-refractivity contribution in [2.75, 3.05) is 19.5 Å². The first-order valence-electron chi connectivity index (χ1n) is 8.86. The van der Waals surface area contributed by atoms with Gasteiger partial charge in [0.05, 0.1) is 37.1 Å². The van der Waals surface area contributed by atoms with E-state index < -0.39 is 0 Å². The van der Waals surface area contributed by atoms with Gasteiger partial charge in [-0.2, -0.15) is 0 Å². The Kier molecular flexibility index (Phi) is 4.67. The molecule has 8 nitrogen and oxygen atoms in total. The fourth-order valence-corrected chi connectivity index (χ4v) is 3.13. The van der Waals surface area contributed by atoms with Gasteiger partial charge in [-0.3, -0.25) is 4.79 Å². The summed E-state index contributed by atoms with van der Waals surface area (Å²) in [5, 5.41) is 7.43. The highest BCUT2D eigenvalue weighted by Gasteiger charge is 2.21. The van der Waals surface area contributed by atoms with E-state index in [-0.39, 0.29) is 11.6 Å². The minimum Gasteiger partial charge on any atom is -0.493 e. The molecule has 1 aromatic carbocycles. The average Bonchev–Trinajstić information content (AvgIpc) is 3.39. The summed E-state index contributed by atoms with van der Waals surface area (Å²) in [6.07, 6.45) is 1.54. The minimum absolute atomic E-state index is 0.269. The molecule has 0 aliphatic carbocycles. The second-order valence-electron chi connectivity index (χ2n) is 6.46. The molecule has 0 aliphatic rings. The molecule has 148 valence electrons. The molecule has 4 rings (SSSR count). The number of hydrogen-bond donors (Lipinski definition) is 1. The zero-order chi connectivity index (χ0) is 20.5. The summed E-state index contributed by atoms with van der Waals surface area (Å²) >= 11 is 0. The van der Waals surface area contributed by atoms with E-state index in [0.29, 0.717) is 45.3 Å². The molecule has 0 saturated carbocycles.